The average molecular weight is 220 g/mol. The summed E-state index contributed by atoms with van der Waals surface area (Å²) in [5.74, 6) is -0.0569. The van der Waals surface area contributed by atoms with E-state index in [0.717, 1.165) is 13.0 Å². The van der Waals surface area contributed by atoms with Crippen LogP contribution in [0, 0.1) is 0 Å². The fourth-order valence-corrected chi connectivity index (χ4v) is 1.79. The molecule has 2 heterocycles. The molecule has 1 N–H and O–H groups in total. The largest absolute Gasteiger partial charge is 0.372 e. The van der Waals surface area contributed by atoms with Gasteiger partial charge in [0.1, 0.15) is 12.3 Å². The van der Waals surface area contributed by atoms with Crippen molar-refractivity contribution in [3.63, 3.8) is 0 Å². The Hall–Kier alpha value is -1.26. The van der Waals surface area contributed by atoms with Gasteiger partial charge in [0, 0.05) is 12.2 Å². The topological polar surface area (TPSA) is 51.2 Å². The summed E-state index contributed by atoms with van der Waals surface area (Å²) in [6.07, 6.45) is 3.95. The van der Waals surface area contributed by atoms with Gasteiger partial charge in [-0.15, -0.1) is 0 Å². The van der Waals surface area contributed by atoms with Crippen molar-refractivity contribution >= 4 is 5.78 Å². The van der Waals surface area contributed by atoms with Crippen molar-refractivity contribution in [1.82, 2.24) is 10.3 Å². The lowest BCUT2D eigenvalue weighted by Crippen LogP contribution is -2.28. The SMILES string of the molecule is O=C(COC[C@@H]1CCCN1)c1ccccn1. The Morgan fingerprint density at radius 3 is 3.19 bits per heavy atom. The van der Waals surface area contributed by atoms with Crippen molar-refractivity contribution in [1.29, 1.82) is 0 Å². The van der Waals surface area contributed by atoms with Gasteiger partial charge >= 0.3 is 0 Å². The molecule has 0 amide bonds. The average Bonchev–Trinajstić information content (AvgIpc) is 2.83. The quantitative estimate of drug-likeness (QED) is 0.753. The number of carbonyl (C=O) groups is 1. The van der Waals surface area contributed by atoms with Crippen molar-refractivity contribution < 1.29 is 9.53 Å². The van der Waals surface area contributed by atoms with E-state index in [1.165, 1.54) is 6.42 Å². The molecule has 1 aromatic rings. The minimum absolute atomic E-state index is 0.0569. The molecule has 0 aliphatic carbocycles. The molecule has 0 aromatic carbocycles. The molecule has 1 atom stereocenters. The predicted molar refractivity (Wildman–Crippen MR) is 60.4 cm³/mol. The Bertz CT molecular complexity index is 334. The lowest BCUT2D eigenvalue weighted by molar-refractivity contribution is 0.0718. The Morgan fingerprint density at radius 1 is 1.56 bits per heavy atom. The van der Waals surface area contributed by atoms with E-state index < -0.39 is 0 Å². The first kappa shape index (κ1) is 11.2. The molecule has 0 radical (unpaired) electrons. The number of hydrogen-bond acceptors (Lipinski definition) is 4. The number of nitrogens with zero attached hydrogens (tertiary/aromatic N) is 1. The Kier molecular flexibility index (Phi) is 4.02. The smallest absolute Gasteiger partial charge is 0.206 e. The van der Waals surface area contributed by atoms with Gasteiger partial charge in [-0.2, -0.15) is 0 Å². The summed E-state index contributed by atoms with van der Waals surface area (Å²) < 4.78 is 5.38. The summed E-state index contributed by atoms with van der Waals surface area (Å²) in [5, 5.41) is 3.32. The third kappa shape index (κ3) is 3.12. The number of pyridine rings is 1. The third-order valence-corrected chi connectivity index (χ3v) is 2.67. The number of hydrogen-bond donors (Lipinski definition) is 1. The van der Waals surface area contributed by atoms with E-state index in [1.54, 1.807) is 24.4 Å². The maximum absolute atomic E-state index is 11.6. The normalized spacial score (nSPS) is 19.9. The van der Waals surface area contributed by atoms with Crippen LogP contribution in [0.1, 0.15) is 23.3 Å². The van der Waals surface area contributed by atoms with E-state index in [4.69, 9.17) is 4.74 Å². The lowest BCUT2D eigenvalue weighted by Gasteiger charge is -2.09. The molecular weight excluding hydrogens is 204 g/mol. The van der Waals surface area contributed by atoms with Gasteiger partial charge in [-0.3, -0.25) is 9.78 Å². The third-order valence-electron chi connectivity index (χ3n) is 2.67. The number of rotatable bonds is 5. The van der Waals surface area contributed by atoms with E-state index in [9.17, 15) is 4.79 Å². The van der Waals surface area contributed by atoms with Crippen molar-refractivity contribution in [3.05, 3.63) is 30.1 Å². The summed E-state index contributed by atoms with van der Waals surface area (Å²) in [5.41, 5.74) is 0.474. The molecule has 0 unspecified atom stereocenters. The number of aromatic nitrogens is 1. The van der Waals surface area contributed by atoms with Crippen LogP contribution < -0.4 is 5.32 Å². The number of ether oxygens (including phenoxy) is 1. The van der Waals surface area contributed by atoms with E-state index in [0.29, 0.717) is 18.3 Å². The number of nitrogens with one attached hydrogen (secondary N) is 1. The highest BCUT2D eigenvalue weighted by Gasteiger charge is 2.14. The van der Waals surface area contributed by atoms with E-state index >= 15 is 0 Å². The van der Waals surface area contributed by atoms with E-state index in [2.05, 4.69) is 10.3 Å². The maximum atomic E-state index is 11.6. The molecule has 0 bridgehead atoms. The highest BCUT2D eigenvalue weighted by atomic mass is 16.5. The Labute approximate surface area is 95.0 Å². The van der Waals surface area contributed by atoms with Crippen LogP contribution in [0.4, 0.5) is 0 Å². The monoisotopic (exact) mass is 220 g/mol. The maximum Gasteiger partial charge on any atom is 0.206 e. The molecule has 0 spiro atoms. The first-order valence-corrected chi connectivity index (χ1v) is 5.61. The summed E-state index contributed by atoms with van der Waals surface area (Å²) in [7, 11) is 0. The number of Topliss-reactive ketones (excluding diaryl/α,β-unsaturated/α-hetero) is 1. The zero-order chi connectivity index (χ0) is 11.2. The zero-order valence-electron chi connectivity index (χ0n) is 9.19. The van der Waals surface area contributed by atoms with Gasteiger partial charge in [0.15, 0.2) is 0 Å². The van der Waals surface area contributed by atoms with Crippen LogP contribution in [0.15, 0.2) is 24.4 Å². The second-order valence-corrected chi connectivity index (χ2v) is 3.95. The highest BCUT2D eigenvalue weighted by Crippen LogP contribution is 2.05. The minimum Gasteiger partial charge on any atom is -0.372 e. The van der Waals surface area contributed by atoms with Gasteiger partial charge in [-0.1, -0.05) is 6.07 Å². The lowest BCUT2D eigenvalue weighted by atomic mass is 10.2. The standard InChI is InChI=1S/C12H16N2O2/c15-12(11-5-1-2-6-14-11)9-16-8-10-4-3-7-13-10/h1-2,5-6,10,13H,3-4,7-9H2/t10-/m0/s1. The van der Waals surface area contributed by atoms with Crippen LogP contribution in [-0.2, 0) is 4.74 Å². The number of carbonyl (C=O) groups excluding carboxylic acids is 1. The molecule has 16 heavy (non-hydrogen) atoms. The van der Waals surface area contributed by atoms with Crippen LogP contribution in [0.3, 0.4) is 0 Å². The van der Waals surface area contributed by atoms with Crippen LogP contribution >= 0.6 is 0 Å². The molecule has 1 aliphatic heterocycles. The zero-order valence-corrected chi connectivity index (χ0v) is 9.19. The molecular formula is C12H16N2O2. The van der Waals surface area contributed by atoms with Crippen molar-refractivity contribution in [3.8, 4) is 0 Å². The minimum atomic E-state index is -0.0569. The van der Waals surface area contributed by atoms with Crippen LogP contribution in [0.25, 0.3) is 0 Å². The fourth-order valence-electron chi connectivity index (χ4n) is 1.79. The summed E-state index contributed by atoms with van der Waals surface area (Å²) in [4.78, 5) is 15.6. The molecule has 1 fully saturated rings. The van der Waals surface area contributed by atoms with Gasteiger partial charge < -0.3 is 10.1 Å². The Balaban J connectivity index is 1.71. The van der Waals surface area contributed by atoms with Gasteiger partial charge in [-0.25, -0.2) is 0 Å². The van der Waals surface area contributed by atoms with E-state index in [-0.39, 0.29) is 12.4 Å². The second kappa shape index (κ2) is 5.72. The van der Waals surface area contributed by atoms with E-state index in [1.807, 2.05) is 0 Å². The molecule has 2 rings (SSSR count). The molecule has 1 saturated heterocycles. The van der Waals surface area contributed by atoms with Crippen LogP contribution in [-0.4, -0.2) is 36.6 Å². The van der Waals surface area contributed by atoms with Gasteiger partial charge in [0.05, 0.1) is 6.61 Å². The molecule has 0 saturated carbocycles. The van der Waals surface area contributed by atoms with Crippen molar-refractivity contribution in [2.75, 3.05) is 19.8 Å². The predicted octanol–water partition coefficient (Wildman–Crippen LogP) is 1.03. The van der Waals surface area contributed by atoms with Crippen molar-refractivity contribution in [2.45, 2.75) is 18.9 Å². The summed E-state index contributed by atoms with van der Waals surface area (Å²) in [6, 6.07) is 5.72. The second-order valence-electron chi connectivity index (χ2n) is 3.95. The first-order chi connectivity index (χ1) is 7.86. The van der Waals surface area contributed by atoms with Gasteiger partial charge in [0.25, 0.3) is 0 Å². The van der Waals surface area contributed by atoms with Gasteiger partial charge in [-0.05, 0) is 31.5 Å². The molecule has 4 nitrogen and oxygen atoms in total. The summed E-state index contributed by atoms with van der Waals surface area (Å²) in [6.45, 7) is 1.79. The first-order valence-electron chi connectivity index (χ1n) is 5.61. The summed E-state index contributed by atoms with van der Waals surface area (Å²) >= 11 is 0. The highest BCUT2D eigenvalue weighted by molar-refractivity contribution is 5.95. The van der Waals surface area contributed by atoms with Crippen LogP contribution in [0.2, 0.25) is 0 Å². The Morgan fingerprint density at radius 2 is 2.50 bits per heavy atom. The molecule has 1 aromatic heterocycles. The number of ketones is 1. The fraction of sp³-hybridized carbons (Fsp3) is 0.500. The van der Waals surface area contributed by atoms with Crippen LogP contribution in [0.5, 0.6) is 0 Å². The molecule has 4 heteroatoms. The molecule has 86 valence electrons. The van der Waals surface area contributed by atoms with Crippen molar-refractivity contribution in [2.24, 2.45) is 0 Å². The van der Waals surface area contributed by atoms with Gasteiger partial charge in [0.2, 0.25) is 5.78 Å². The molecule has 1 aliphatic rings.